The Kier molecular flexibility index (Phi) is 5.26. The van der Waals surface area contributed by atoms with Gasteiger partial charge in [0.25, 0.3) is 0 Å². The van der Waals surface area contributed by atoms with Crippen LogP contribution in [0.25, 0.3) is 0 Å². The molecule has 0 aromatic heterocycles. The van der Waals surface area contributed by atoms with Gasteiger partial charge in [0.1, 0.15) is 5.88 Å². The molecule has 1 heterocycles. The predicted octanol–water partition coefficient (Wildman–Crippen LogP) is 1.22. The Morgan fingerprint density at radius 3 is 2.64 bits per heavy atom. The number of alkyl halides is 1. The molecule has 1 N–H and O–H groups in total. The molecule has 0 radical (unpaired) electrons. The average Bonchev–Trinajstić information content (AvgIpc) is 2.21. The van der Waals surface area contributed by atoms with Crippen molar-refractivity contribution >= 4 is 17.5 Å². The Balaban J connectivity index is 2.18. The van der Waals surface area contributed by atoms with E-state index >= 15 is 0 Å². The van der Waals surface area contributed by atoms with Gasteiger partial charge in [-0.05, 0) is 25.8 Å². The molecule has 0 bridgehead atoms. The van der Waals surface area contributed by atoms with E-state index in [1.807, 2.05) is 0 Å². The van der Waals surface area contributed by atoms with Crippen molar-refractivity contribution in [3.63, 3.8) is 0 Å². The summed E-state index contributed by atoms with van der Waals surface area (Å²) in [6.45, 7) is 5.57. The molecule has 0 atom stereocenters. The highest BCUT2D eigenvalue weighted by Crippen LogP contribution is 2.10. The van der Waals surface area contributed by atoms with Gasteiger partial charge in [0.05, 0.1) is 0 Å². The van der Waals surface area contributed by atoms with Crippen LogP contribution in [0.3, 0.4) is 0 Å². The van der Waals surface area contributed by atoms with Crippen LogP contribution in [-0.4, -0.2) is 42.4 Å². The molecule has 0 saturated carbocycles. The summed E-state index contributed by atoms with van der Waals surface area (Å²) < 4.78 is 0. The summed E-state index contributed by atoms with van der Waals surface area (Å²) >= 11 is 5.43. The van der Waals surface area contributed by atoms with E-state index in [1.54, 1.807) is 0 Å². The van der Waals surface area contributed by atoms with Crippen LogP contribution in [0.5, 0.6) is 0 Å². The van der Waals surface area contributed by atoms with Gasteiger partial charge in [-0.15, -0.1) is 11.6 Å². The van der Waals surface area contributed by atoms with Crippen molar-refractivity contribution < 1.29 is 4.79 Å². The minimum Gasteiger partial charge on any atom is -0.352 e. The summed E-state index contributed by atoms with van der Waals surface area (Å²) in [5.74, 6) is 0.0374. The second-order valence-corrected chi connectivity index (χ2v) is 4.08. The van der Waals surface area contributed by atoms with Crippen molar-refractivity contribution in [1.29, 1.82) is 0 Å². The van der Waals surface area contributed by atoms with Crippen LogP contribution < -0.4 is 5.32 Å². The third-order valence-corrected chi connectivity index (χ3v) is 2.86. The highest BCUT2D eigenvalue weighted by atomic mass is 35.5. The van der Waals surface area contributed by atoms with Gasteiger partial charge in [-0.3, -0.25) is 4.79 Å². The first-order valence-electron chi connectivity index (χ1n) is 5.34. The molecule has 82 valence electrons. The van der Waals surface area contributed by atoms with Crippen molar-refractivity contribution in [1.82, 2.24) is 10.2 Å². The minimum absolute atomic E-state index is 0.0411. The number of hydrogen-bond donors (Lipinski definition) is 1. The average molecular weight is 219 g/mol. The molecule has 1 aliphatic rings. The number of carbonyl (C=O) groups is 1. The molecule has 0 aromatic carbocycles. The molecule has 0 spiro atoms. The molecular weight excluding hydrogens is 200 g/mol. The summed E-state index contributed by atoms with van der Waals surface area (Å²) in [6, 6.07) is 0.342. The van der Waals surface area contributed by atoms with Crippen molar-refractivity contribution in [2.45, 2.75) is 32.2 Å². The molecule has 1 rings (SSSR count). The van der Waals surface area contributed by atoms with Crippen LogP contribution in [0.15, 0.2) is 0 Å². The summed E-state index contributed by atoms with van der Waals surface area (Å²) in [5, 5.41) is 2.93. The number of nitrogens with one attached hydrogen (secondary N) is 1. The van der Waals surface area contributed by atoms with E-state index in [0.717, 1.165) is 25.9 Å². The summed E-state index contributed by atoms with van der Waals surface area (Å²) in [6.07, 6.45) is 3.32. The van der Waals surface area contributed by atoms with Crippen molar-refractivity contribution in [3.8, 4) is 0 Å². The zero-order chi connectivity index (χ0) is 10.4. The number of carbonyl (C=O) groups excluding carboxylic acids is 1. The first kappa shape index (κ1) is 11.8. The normalized spacial score (nSPS) is 19.6. The van der Waals surface area contributed by atoms with E-state index in [1.165, 1.54) is 13.0 Å². The Morgan fingerprint density at radius 1 is 1.50 bits per heavy atom. The van der Waals surface area contributed by atoms with E-state index < -0.39 is 0 Å². The Hall–Kier alpha value is -0.280. The SMILES string of the molecule is CCCN1CCC(NC(=O)CCl)CC1. The lowest BCUT2D eigenvalue weighted by molar-refractivity contribution is -0.119. The molecule has 4 heteroatoms. The van der Waals surface area contributed by atoms with Gasteiger partial charge in [-0.25, -0.2) is 0 Å². The van der Waals surface area contributed by atoms with Crippen LogP contribution in [0, 0.1) is 0 Å². The van der Waals surface area contributed by atoms with Crippen LogP contribution >= 0.6 is 11.6 Å². The van der Waals surface area contributed by atoms with Gasteiger partial charge in [-0.2, -0.15) is 0 Å². The first-order valence-corrected chi connectivity index (χ1v) is 5.87. The zero-order valence-corrected chi connectivity index (χ0v) is 9.52. The lowest BCUT2D eigenvalue weighted by atomic mass is 10.1. The number of piperidine rings is 1. The standard InChI is InChI=1S/C10H19ClN2O/c1-2-5-13-6-3-9(4-7-13)12-10(14)8-11/h9H,2-8H2,1H3,(H,12,14). The summed E-state index contributed by atoms with van der Waals surface area (Å²) in [7, 11) is 0. The number of amides is 1. The monoisotopic (exact) mass is 218 g/mol. The van der Waals surface area contributed by atoms with Gasteiger partial charge in [-0.1, -0.05) is 6.92 Å². The highest BCUT2D eigenvalue weighted by molar-refractivity contribution is 6.27. The fourth-order valence-corrected chi connectivity index (χ4v) is 1.96. The fourth-order valence-electron chi connectivity index (χ4n) is 1.88. The number of rotatable bonds is 4. The molecule has 1 aliphatic heterocycles. The van der Waals surface area contributed by atoms with E-state index in [2.05, 4.69) is 17.1 Å². The molecule has 14 heavy (non-hydrogen) atoms. The number of hydrogen-bond acceptors (Lipinski definition) is 2. The minimum atomic E-state index is -0.0411. The van der Waals surface area contributed by atoms with E-state index in [9.17, 15) is 4.79 Å². The van der Waals surface area contributed by atoms with Gasteiger partial charge in [0.15, 0.2) is 0 Å². The van der Waals surface area contributed by atoms with Crippen LogP contribution in [0.4, 0.5) is 0 Å². The third kappa shape index (κ3) is 3.84. The molecule has 1 amide bonds. The number of likely N-dealkylation sites (tertiary alicyclic amines) is 1. The topological polar surface area (TPSA) is 32.3 Å². The highest BCUT2D eigenvalue weighted by Gasteiger charge is 2.19. The maximum absolute atomic E-state index is 11.0. The quantitative estimate of drug-likeness (QED) is 0.720. The lowest BCUT2D eigenvalue weighted by Crippen LogP contribution is -2.45. The maximum Gasteiger partial charge on any atom is 0.235 e. The smallest absolute Gasteiger partial charge is 0.235 e. The van der Waals surface area contributed by atoms with Gasteiger partial charge < -0.3 is 10.2 Å². The molecule has 0 aliphatic carbocycles. The van der Waals surface area contributed by atoms with Gasteiger partial charge >= 0.3 is 0 Å². The Morgan fingerprint density at radius 2 is 2.14 bits per heavy atom. The molecule has 1 fully saturated rings. The van der Waals surface area contributed by atoms with E-state index in [4.69, 9.17) is 11.6 Å². The van der Waals surface area contributed by atoms with Crippen molar-refractivity contribution in [3.05, 3.63) is 0 Å². The van der Waals surface area contributed by atoms with Gasteiger partial charge in [0, 0.05) is 19.1 Å². The number of nitrogens with zero attached hydrogens (tertiary/aromatic N) is 1. The second-order valence-electron chi connectivity index (χ2n) is 3.82. The second kappa shape index (κ2) is 6.25. The van der Waals surface area contributed by atoms with Crippen LogP contribution in [0.2, 0.25) is 0 Å². The summed E-state index contributed by atoms with van der Waals surface area (Å²) in [4.78, 5) is 13.5. The van der Waals surface area contributed by atoms with Crippen LogP contribution in [-0.2, 0) is 4.79 Å². The fraction of sp³-hybridized carbons (Fsp3) is 0.900. The van der Waals surface area contributed by atoms with E-state index in [-0.39, 0.29) is 11.8 Å². The molecule has 0 aromatic rings. The van der Waals surface area contributed by atoms with Crippen molar-refractivity contribution in [2.24, 2.45) is 0 Å². The molecular formula is C10H19ClN2O. The van der Waals surface area contributed by atoms with Gasteiger partial charge in [0.2, 0.25) is 5.91 Å². The first-order chi connectivity index (χ1) is 6.76. The zero-order valence-electron chi connectivity index (χ0n) is 8.76. The molecule has 3 nitrogen and oxygen atoms in total. The molecule has 0 unspecified atom stereocenters. The maximum atomic E-state index is 11.0. The van der Waals surface area contributed by atoms with E-state index in [0.29, 0.717) is 6.04 Å². The largest absolute Gasteiger partial charge is 0.352 e. The number of halogens is 1. The Labute approximate surface area is 90.8 Å². The summed E-state index contributed by atoms with van der Waals surface area (Å²) in [5.41, 5.74) is 0. The molecule has 1 saturated heterocycles. The predicted molar refractivity (Wildman–Crippen MR) is 58.6 cm³/mol. The lowest BCUT2D eigenvalue weighted by Gasteiger charge is -2.31. The third-order valence-electron chi connectivity index (χ3n) is 2.61. The van der Waals surface area contributed by atoms with Crippen molar-refractivity contribution in [2.75, 3.05) is 25.5 Å². The Bertz CT molecular complexity index is 179. The van der Waals surface area contributed by atoms with Crippen LogP contribution in [0.1, 0.15) is 26.2 Å².